The Morgan fingerprint density at radius 1 is 1.07 bits per heavy atom. The van der Waals surface area contributed by atoms with Crippen molar-refractivity contribution in [1.82, 2.24) is 25.1 Å². The van der Waals surface area contributed by atoms with Gasteiger partial charge in [-0.1, -0.05) is 0 Å². The molecule has 11 heteroatoms. The van der Waals surface area contributed by atoms with Gasteiger partial charge in [0.15, 0.2) is 0 Å². The van der Waals surface area contributed by atoms with Gasteiger partial charge in [-0.05, 0) is 70.3 Å². The number of methoxy groups -OCH3 is 1. The zero-order valence-corrected chi connectivity index (χ0v) is 23.4. The fraction of sp³-hybridized carbons (Fsp3) is 0.379. The summed E-state index contributed by atoms with van der Waals surface area (Å²) < 4.78 is 24.1. The highest BCUT2D eigenvalue weighted by atomic mass is 19.1. The summed E-state index contributed by atoms with van der Waals surface area (Å²) in [6.07, 6.45) is 3.04. The molecule has 0 radical (unpaired) electrons. The lowest BCUT2D eigenvalue weighted by Gasteiger charge is -2.48. The normalized spacial score (nSPS) is 15.8. The number of rotatable bonds is 9. The Morgan fingerprint density at radius 3 is 2.42 bits per heavy atom. The second kappa shape index (κ2) is 12.4. The number of aromatic nitrogens is 2. The van der Waals surface area contributed by atoms with Crippen molar-refractivity contribution in [2.24, 2.45) is 0 Å². The topological polar surface area (TPSA) is 109 Å². The number of hydrogen-bond donors (Lipinski definition) is 2. The summed E-state index contributed by atoms with van der Waals surface area (Å²) in [6, 6.07) is 10.4. The highest BCUT2D eigenvalue weighted by molar-refractivity contribution is 5.95. The van der Waals surface area contributed by atoms with Gasteiger partial charge in [0.25, 0.3) is 5.91 Å². The number of nitrogens with zero attached hydrogens (tertiary/aromatic N) is 4. The fourth-order valence-electron chi connectivity index (χ4n) is 4.72. The minimum Gasteiger partial charge on any atom is -0.481 e. The van der Waals surface area contributed by atoms with Gasteiger partial charge in [0.2, 0.25) is 11.8 Å². The Labute approximate surface area is 233 Å². The maximum atomic E-state index is 13.5. The van der Waals surface area contributed by atoms with Gasteiger partial charge in [0, 0.05) is 37.9 Å². The van der Waals surface area contributed by atoms with E-state index in [1.165, 1.54) is 30.5 Å². The Kier molecular flexibility index (Phi) is 8.96. The lowest BCUT2D eigenvalue weighted by Crippen LogP contribution is -2.63. The molecular formula is C29H35FN6O4. The minimum absolute atomic E-state index is 0.110. The average Bonchev–Trinajstić information content (AvgIpc) is 2.94. The van der Waals surface area contributed by atoms with Crippen molar-refractivity contribution in [3.8, 4) is 17.4 Å². The van der Waals surface area contributed by atoms with E-state index < -0.39 is 11.6 Å². The van der Waals surface area contributed by atoms with Crippen LogP contribution >= 0.6 is 0 Å². The van der Waals surface area contributed by atoms with Gasteiger partial charge in [-0.15, -0.1) is 0 Å². The van der Waals surface area contributed by atoms with E-state index in [4.69, 9.17) is 9.47 Å². The third-order valence-corrected chi connectivity index (χ3v) is 6.87. The number of amides is 2. The first-order valence-corrected chi connectivity index (χ1v) is 13.0. The summed E-state index contributed by atoms with van der Waals surface area (Å²) in [5, 5.41) is 5.92. The van der Waals surface area contributed by atoms with E-state index in [0.29, 0.717) is 54.9 Å². The molecule has 1 unspecified atom stereocenters. The van der Waals surface area contributed by atoms with Crippen molar-refractivity contribution in [3.63, 3.8) is 0 Å². The molecule has 1 aliphatic rings. The van der Waals surface area contributed by atoms with Crippen molar-refractivity contribution in [1.29, 1.82) is 0 Å². The quantitative estimate of drug-likeness (QED) is 0.415. The number of carbonyl (C=O) groups is 2. The number of benzene rings is 1. The van der Waals surface area contributed by atoms with Crippen molar-refractivity contribution in [2.45, 2.75) is 38.9 Å². The number of pyridine rings is 2. The maximum Gasteiger partial charge on any atom is 0.255 e. The molecule has 2 N–H and O–H groups in total. The van der Waals surface area contributed by atoms with Crippen LogP contribution in [0.15, 0.2) is 54.9 Å². The number of ether oxygens (including phenoxy) is 2. The van der Waals surface area contributed by atoms with E-state index in [1.807, 2.05) is 38.8 Å². The SMILES string of the molecule is CNCc1cc(C(=O)N2CCN(C(C)C(=O)Nc3ccc(Oc4ccc(F)cc4)cn3)CC2(C)C)cnc1OC. The standard InChI is InChI=1S/C29H35FN6O4/c1-19(26(37)34-25-11-10-24(17-32-25)40-23-8-6-22(30)7-9-23)35-12-13-36(29(2,3)18-35)28(38)21-14-20(15-31-4)27(39-5)33-16-21/h6-11,14,16-17,19,31H,12-13,15,18H2,1-5H3,(H,32,34,37). The zero-order valence-electron chi connectivity index (χ0n) is 23.4. The molecule has 4 rings (SSSR count). The molecule has 3 aromatic rings. The Morgan fingerprint density at radius 2 is 1.80 bits per heavy atom. The van der Waals surface area contributed by atoms with Crippen LogP contribution in [0.1, 0.15) is 36.7 Å². The molecule has 0 spiro atoms. The summed E-state index contributed by atoms with van der Waals surface area (Å²) in [4.78, 5) is 39.0. The van der Waals surface area contributed by atoms with Crippen LogP contribution < -0.4 is 20.1 Å². The largest absolute Gasteiger partial charge is 0.481 e. The lowest BCUT2D eigenvalue weighted by molar-refractivity contribution is -0.122. The van der Waals surface area contributed by atoms with Crippen LogP contribution in [-0.2, 0) is 11.3 Å². The number of halogens is 1. The predicted molar refractivity (Wildman–Crippen MR) is 149 cm³/mol. The Bertz CT molecular complexity index is 1330. The van der Waals surface area contributed by atoms with Gasteiger partial charge < -0.3 is 25.0 Å². The third-order valence-electron chi connectivity index (χ3n) is 6.87. The molecule has 2 aromatic heterocycles. The summed E-state index contributed by atoms with van der Waals surface area (Å²) in [6.45, 7) is 7.87. The van der Waals surface area contributed by atoms with Gasteiger partial charge in [-0.2, -0.15) is 0 Å². The van der Waals surface area contributed by atoms with E-state index in [9.17, 15) is 14.0 Å². The van der Waals surface area contributed by atoms with Gasteiger partial charge in [0.05, 0.1) is 30.5 Å². The van der Waals surface area contributed by atoms with Crippen molar-refractivity contribution in [2.75, 3.05) is 39.1 Å². The molecule has 0 aliphatic carbocycles. The summed E-state index contributed by atoms with van der Waals surface area (Å²) >= 11 is 0. The molecule has 0 bridgehead atoms. The molecule has 1 aromatic carbocycles. The molecule has 0 saturated carbocycles. The molecule has 10 nitrogen and oxygen atoms in total. The smallest absolute Gasteiger partial charge is 0.255 e. The van der Waals surface area contributed by atoms with E-state index in [1.54, 1.807) is 25.4 Å². The monoisotopic (exact) mass is 550 g/mol. The molecule has 1 aliphatic heterocycles. The number of hydrogen-bond acceptors (Lipinski definition) is 8. The second-order valence-corrected chi connectivity index (χ2v) is 10.3. The highest BCUT2D eigenvalue weighted by Crippen LogP contribution is 2.27. The van der Waals surface area contributed by atoms with Crippen LogP contribution in [0.25, 0.3) is 0 Å². The van der Waals surface area contributed by atoms with Crippen molar-refractivity contribution in [3.05, 3.63) is 71.8 Å². The Balaban J connectivity index is 1.36. The number of carbonyl (C=O) groups excluding carboxylic acids is 2. The summed E-state index contributed by atoms with van der Waals surface area (Å²) in [7, 11) is 3.38. The van der Waals surface area contributed by atoms with Gasteiger partial charge in [-0.3, -0.25) is 14.5 Å². The molecule has 212 valence electrons. The first-order chi connectivity index (χ1) is 19.1. The highest BCUT2D eigenvalue weighted by Gasteiger charge is 2.40. The molecule has 1 saturated heterocycles. The van der Waals surface area contributed by atoms with Crippen LogP contribution in [0.4, 0.5) is 10.2 Å². The molecule has 1 fully saturated rings. The number of piperazine rings is 1. The van der Waals surface area contributed by atoms with Crippen LogP contribution in [-0.4, -0.2) is 77.0 Å². The van der Waals surface area contributed by atoms with E-state index >= 15 is 0 Å². The van der Waals surface area contributed by atoms with Crippen LogP contribution in [0.2, 0.25) is 0 Å². The summed E-state index contributed by atoms with van der Waals surface area (Å²) in [5.41, 5.74) is 0.780. The second-order valence-electron chi connectivity index (χ2n) is 10.3. The average molecular weight is 551 g/mol. The number of anilines is 1. The van der Waals surface area contributed by atoms with Gasteiger partial charge in [-0.25, -0.2) is 14.4 Å². The number of nitrogens with one attached hydrogen (secondary N) is 2. The third kappa shape index (κ3) is 6.72. The molecule has 2 amide bonds. The van der Waals surface area contributed by atoms with E-state index in [2.05, 4.69) is 25.5 Å². The fourth-order valence-corrected chi connectivity index (χ4v) is 4.72. The zero-order chi connectivity index (χ0) is 28.9. The maximum absolute atomic E-state index is 13.5. The van der Waals surface area contributed by atoms with Crippen LogP contribution in [0.3, 0.4) is 0 Å². The van der Waals surface area contributed by atoms with Crippen LogP contribution in [0, 0.1) is 5.82 Å². The van der Waals surface area contributed by atoms with Crippen molar-refractivity contribution >= 4 is 17.6 Å². The summed E-state index contributed by atoms with van der Waals surface area (Å²) in [5.74, 6) is 1.16. The lowest BCUT2D eigenvalue weighted by atomic mass is 9.96. The van der Waals surface area contributed by atoms with E-state index in [-0.39, 0.29) is 17.6 Å². The molecular weight excluding hydrogens is 515 g/mol. The van der Waals surface area contributed by atoms with Gasteiger partial charge >= 0.3 is 0 Å². The predicted octanol–water partition coefficient (Wildman–Crippen LogP) is 3.70. The van der Waals surface area contributed by atoms with Crippen molar-refractivity contribution < 1.29 is 23.5 Å². The minimum atomic E-state index is -0.523. The first-order valence-electron chi connectivity index (χ1n) is 13.0. The first kappa shape index (κ1) is 28.9. The molecule has 3 heterocycles. The molecule has 1 atom stereocenters. The van der Waals surface area contributed by atoms with Gasteiger partial charge in [0.1, 0.15) is 23.1 Å². The van der Waals surface area contributed by atoms with Crippen LogP contribution in [0.5, 0.6) is 17.4 Å². The molecule has 40 heavy (non-hydrogen) atoms. The van der Waals surface area contributed by atoms with E-state index in [0.717, 1.165) is 5.56 Å². The Hall–Kier alpha value is -4.09.